The van der Waals surface area contributed by atoms with Crippen LogP contribution in [0, 0.1) is 11.3 Å². The van der Waals surface area contributed by atoms with Crippen LogP contribution in [-0.2, 0) is 12.7 Å². The SMILES string of the molecule is N#Cc1ccc(OCCSc2nc3cc(C(F)(F)F)ccc3n2Cc2ccccc2)cc1. The van der Waals surface area contributed by atoms with Crippen LogP contribution in [0.4, 0.5) is 13.2 Å². The van der Waals surface area contributed by atoms with Crippen molar-refractivity contribution in [1.29, 1.82) is 5.26 Å². The van der Waals surface area contributed by atoms with Crippen molar-refractivity contribution in [3.8, 4) is 11.8 Å². The molecule has 4 aromatic rings. The zero-order valence-electron chi connectivity index (χ0n) is 16.8. The van der Waals surface area contributed by atoms with Gasteiger partial charge < -0.3 is 9.30 Å². The molecule has 0 spiro atoms. The van der Waals surface area contributed by atoms with E-state index in [0.717, 1.165) is 17.7 Å². The number of hydrogen-bond donors (Lipinski definition) is 0. The smallest absolute Gasteiger partial charge is 0.416 e. The van der Waals surface area contributed by atoms with Gasteiger partial charge in [-0.1, -0.05) is 42.1 Å². The minimum absolute atomic E-state index is 0.311. The van der Waals surface area contributed by atoms with Crippen molar-refractivity contribution in [3.63, 3.8) is 0 Å². The Morgan fingerprint density at radius 3 is 2.44 bits per heavy atom. The Balaban J connectivity index is 1.54. The summed E-state index contributed by atoms with van der Waals surface area (Å²) in [4.78, 5) is 4.48. The van der Waals surface area contributed by atoms with E-state index >= 15 is 0 Å². The molecular formula is C24H18F3N3OS. The van der Waals surface area contributed by atoms with Crippen molar-refractivity contribution in [2.24, 2.45) is 0 Å². The quantitative estimate of drug-likeness (QED) is 0.249. The molecule has 32 heavy (non-hydrogen) atoms. The van der Waals surface area contributed by atoms with Gasteiger partial charge in [0.15, 0.2) is 5.16 Å². The number of thioether (sulfide) groups is 1. The van der Waals surface area contributed by atoms with Gasteiger partial charge in [-0.2, -0.15) is 18.4 Å². The van der Waals surface area contributed by atoms with Gasteiger partial charge in [0.2, 0.25) is 0 Å². The van der Waals surface area contributed by atoms with Crippen LogP contribution in [0.2, 0.25) is 0 Å². The average Bonchev–Trinajstić information content (AvgIpc) is 3.14. The van der Waals surface area contributed by atoms with Crippen molar-refractivity contribution < 1.29 is 17.9 Å². The highest BCUT2D eigenvalue weighted by Crippen LogP contribution is 2.33. The zero-order valence-corrected chi connectivity index (χ0v) is 17.7. The number of halogens is 3. The molecule has 0 fully saturated rings. The molecule has 0 saturated heterocycles. The van der Waals surface area contributed by atoms with Crippen LogP contribution in [0.25, 0.3) is 11.0 Å². The molecule has 0 aliphatic rings. The summed E-state index contributed by atoms with van der Waals surface area (Å²) in [6.45, 7) is 0.889. The molecule has 0 atom stereocenters. The fraction of sp³-hybridized carbons (Fsp3) is 0.167. The molecule has 4 nitrogen and oxygen atoms in total. The molecule has 0 amide bonds. The summed E-state index contributed by atoms with van der Waals surface area (Å²) >= 11 is 1.43. The summed E-state index contributed by atoms with van der Waals surface area (Å²) in [7, 11) is 0. The number of alkyl halides is 3. The highest BCUT2D eigenvalue weighted by Gasteiger charge is 2.31. The van der Waals surface area contributed by atoms with Gasteiger partial charge >= 0.3 is 6.18 Å². The standard InChI is InChI=1S/C24H18F3N3OS/c25-24(26,27)19-8-11-22-21(14-19)29-23(30(22)16-18-4-2-1-3-5-18)32-13-12-31-20-9-6-17(15-28)7-10-20/h1-11,14H,12-13,16H2. The maximum Gasteiger partial charge on any atom is 0.416 e. The monoisotopic (exact) mass is 453 g/mol. The first-order valence-electron chi connectivity index (χ1n) is 9.81. The van der Waals surface area contributed by atoms with Gasteiger partial charge in [0, 0.05) is 5.75 Å². The molecule has 0 unspecified atom stereocenters. The first kappa shape index (κ1) is 21.8. The number of hydrogen-bond acceptors (Lipinski definition) is 4. The molecule has 1 aromatic heterocycles. The number of nitriles is 1. The highest BCUT2D eigenvalue weighted by molar-refractivity contribution is 7.99. The average molecular weight is 453 g/mol. The highest BCUT2D eigenvalue weighted by atomic mass is 32.2. The van der Waals surface area contributed by atoms with Crippen molar-refractivity contribution >= 4 is 22.8 Å². The van der Waals surface area contributed by atoms with Gasteiger partial charge in [-0.25, -0.2) is 4.98 Å². The van der Waals surface area contributed by atoms with E-state index in [1.807, 2.05) is 34.9 Å². The lowest BCUT2D eigenvalue weighted by Crippen LogP contribution is -2.05. The molecule has 0 radical (unpaired) electrons. The summed E-state index contributed by atoms with van der Waals surface area (Å²) < 4.78 is 47.1. The molecular weight excluding hydrogens is 435 g/mol. The molecule has 0 aliphatic heterocycles. The molecule has 0 bridgehead atoms. The number of benzene rings is 3. The van der Waals surface area contributed by atoms with Crippen molar-refractivity contribution in [2.45, 2.75) is 17.9 Å². The maximum absolute atomic E-state index is 13.2. The summed E-state index contributed by atoms with van der Waals surface area (Å²) in [5.74, 6) is 1.21. The molecule has 0 N–H and O–H groups in total. The summed E-state index contributed by atoms with van der Waals surface area (Å²) in [5, 5.41) is 9.49. The van der Waals surface area contributed by atoms with Gasteiger partial charge in [0.1, 0.15) is 5.75 Å². The number of nitrogens with zero attached hydrogens (tertiary/aromatic N) is 3. The third kappa shape index (κ3) is 5.06. The second-order valence-corrected chi connectivity index (χ2v) is 8.06. The zero-order chi connectivity index (χ0) is 22.6. The van der Waals surface area contributed by atoms with E-state index in [1.165, 1.54) is 17.8 Å². The Hall–Kier alpha value is -3.44. The summed E-state index contributed by atoms with van der Waals surface area (Å²) in [5.41, 5.74) is 1.83. The van der Waals surface area contributed by atoms with E-state index < -0.39 is 11.7 Å². The molecule has 162 valence electrons. The van der Waals surface area contributed by atoms with Gasteiger partial charge in [0.25, 0.3) is 0 Å². The van der Waals surface area contributed by atoms with E-state index in [-0.39, 0.29) is 0 Å². The van der Waals surface area contributed by atoms with Crippen LogP contribution in [0.1, 0.15) is 16.7 Å². The van der Waals surface area contributed by atoms with Crippen LogP contribution in [0.3, 0.4) is 0 Å². The van der Waals surface area contributed by atoms with Crippen molar-refractivity contribution in [3.05, 3.63) is 89.5 Å². The Morgan fingerprint density at radius 1 is 1.00 bits per heavy atom. The largest absolute Gasteiger partial charge is 0.493 e. The van der Waals surface area contributed by atoms with Gasteiger partial charge in [-0.3, -0.25) is 0 Å². The number of imidazole rings is 1. The molecule has 4 rings (SSSR count). The topological polar surface area (TPSA) is 50.8 Å². The lowest BCUT2D eigenvalue weighted by molar-refractivity contribution is -0.137. The van der Waals surface area contributed by atoms with Crippen LogP contribution in [-0.4, -0.2) is 21.9 Å². The normalized spacial score (nSPS) is 11.4. The molecule has 3 aromatic carbocycles. The lowest BCUT2D eigenvalue weighted by atomic mass is 10.2. The van der Waals surface area contributed by atoms with Crippen LogP contribution >= 0.6 is 11.8 Å². The third-order valence-corrected chi connectivity index (χ3v) is 5.73. The van der Waals surface area contributed by atoms with E-state index in [9.17, 15) is 13.2 Å². The van der Waals surface area contributed by atoms with Gasteiger partial charge in [0.05, 0.1) is 41.4 Å². The predicted octanol–water partition coefficient (Wildman–Crippen LogP) is 6.15. The minimum atomic E-state index is -4.42. The van der Waals surface area contributed by atoms with E-state index in [2.05, 4.69) is 11.1 Å². The number of rotatable bonds is 7. The number of aromatic nitrogens is 2. The molecule has 8 heteroatoms. The van der Waals surface area contributed by atoms with Crippen molar-refractivity contribution in [1.82, 2.24) is 9.55 Å². The predicted molar refractivity (Wildman–Crippen MR) is 118 cm³/mol. The van der Waals surface area contributed by atoms with Crippen LogP contribution < -0.4 is 4.74 Å². The van der Waals surface area contributed by atoms with Crippen LogP contribution in [0.15, 0.2) is 78.0 Å². The Bertz CT molecular complexity index is 1250. The van der Waals surface area contributed by atoms with Crippen LogP contribution in [0.5, 0.6) is 5.75 Å². The number of ether oxygens (including phenoxy) is 1. The second-order valence-electron chi connectivity index (χ2n) is 7.00. The lowest BCUT2D eigenvalue weighted by Gasteiger charge is -2.10. The van der Waals surface area contributed by atoms with Gasteiger partial charge in [-0.05, 0) is 48.0 Å². The van der Waals surface area contributed by atoms with Gasteiger partial charge in [-0.15, -0.1) is 0 Å². The number of fused-ring (bicyclic) bond motifs is 1. The first-order chi connectivity index (χ1) is 15.4. The molecule has 0 saturated carbocycles. The first-order valence-corrected chi connectivity index (χ1v) is 10.8. The van der Waals surface area contributed by atoms with E-state index in [4.69, 9.17) is 10.00 Å². The summed E-state index contributed by atoms with van der Waals surface area (Å²) in [6.07, 6.45) is -4.42. The maximum atomic E-state index is 13.2. The molecule has 0 aliphatic carbocycles. The van der Waals surface area contributed by atoms with Crippen molar-refractivity contribution in [2.75, 3.05) is 12.4 Å². The Kier molecular flexibility index (Phi) is 6.37. The van der Waals surface area contributed by atoms with E-state index in [0.29, 0.717) is 46.4 Å². The molecule has 1 heterocycles. The fourth-order valence-corrected chi connectivity index (χ4v) is 4.06. The third-order valence-electron chi connectivity index (χ3n) is 4.79. The Labute approximate surface area is 187 Å². The Morgan fingerprint density at radius 2 is 1.75 bits per heavy atom. The van der Waals surface area contributed by atoms with E-state index in [1.54, 1.807) is 24.3 Å². The summed E-state index contributed by atoms with van der Waals surface area (Å²) in [6, 6.07) is 22.2. The fourth-order valence-electron chi connectivity index (χ4n) is 3.23. The minimum Gasteiger partial charge on any atom is -0.493 e. The second kappa shape index (κ2) is 9.37.